The molecule has 12 heteroatoms. The van der Waals surface area contributed by atoms with Gasteiger partial charge in [-0.15, -0.1) is 10.9 Å². The molecule has 0 aliphatic carbocycles. The number of oxime groups is 1. The van der Waals surface area contributed by atoms with Crippen LogP contribution in [-0.2, 0) is 20.0 Å². The zero-order valence-electron chi connectivity index (χ0n) is 17.9. The molecule has 1 fully saturated rings. The van der Waals surface area contributed by atoms with Crippen LogP contribution < -0.4 is 5.32 Å². The molecule has 4 heterocycles. The van der Waals surface area contributed by atoms with Gasteiger partial charge in [-0.2, -0.15) is 13.2 Å². The molecule has 0 amide bonds. The third kappa shape index (κ3) is 3.44. The van der Waals surface area contributed by atoms with Gasteiger partial charge >= 0.3 is 6.18 Å². The summed E-state index contributed by atoms with van der Waals surface area (Å²) >= 11 is 11.6. The maximum Gasteiger partial charge on any atom is 0.435 e. The van der Waals surface area contributed by atoms with Crippen LogP contribution in [0.1, 0.15) is 31.7 Å². The van der Waals surface area contributed by atoms with Gasteiger partial charge in [-0.3, -0.25) is 4.79 Å². The zero-order chi connectivity index (χ0) is 24.5. The van der Waals surface area contributed by atoms with Gasteiger partial charge in [-0.25, -0.2) is 4.39 Å². The molecule has 184 valence electrons. The van der Waals surface area contributed by atoms with Crippen LogP contribution in [0.3, 0.4) is 0 Å². The minimum atomic E-state index is -4.92. The van der Waals surface area contributed by atoms with Crippen molar-refractivity contribution in [2.75, 3.05) is 19.7 Å². The number of nitrogens with one attached hydrogen (secondary N) is 1. The van der Waals surface area contributed by atoms with Gasteiger partial charge in [-0.05, 0) is 30.2 Å². The molecule has 1 aromatic carbocycles. The van der Waals surface area contributed by atoms with Crippen LogP contribution in [0.25, 0.3) is 0 Å². The second-order valence-electron chi connectivity index (χ2n) is 8.57. The number of ether oxygens (including phenoxy) is 1. The number of halogens is 6. The number of carbonyl (C=O) groups excluding carboxylic acids is 1. The topological polar surface area (TPSA) is 59.9 Å². The number of carbonyl (C=O) groups is 1. The fraction of sp³-hybridized carbons (Fsp3) is 0.455. The number of allylic oxidation sites excluding steroid dienone is 2. The van der Waals surface area contributed by atoms with Crippen molar-refractivity contribution in [2.45, 2.75) is 43.6 Å². The van der Waals surface area contributed by atoms with Gasteiger partial charge in [0.05, 0.1) is 28.8 Å². The van der Waals surface area contributed by atoms with E-state index < -0.39 is 56.1 Å². The first-order valence-electron chi connectivity index (χ1n) is 10.6. The van der Waals surface area contributed by atoms with E-state index in [0.29, 0.717) is 31.0 Å². The summed E-state index contributed by atoms with van der Waals surface area (Å²) in [7, 11) is -1.60. The van der Waals surface area contributed by atoms with Crippen LogP contribution in [0, 0.1) is 5.82 Å². The van der Waals surface area contributed by atoms with Gasteiger partial charge in [0.2, 0.25) is 0 Å². The Kier molecular flexibility index (Phi) is 5.84. The number of thiol groups is 1. The second kappa shape index (κ2) is 8.23. The molecule has 5 nitrogen and oxygen atoms in total. The van der Waals surface area contributed by atoms with E-state index in [1.165, 1.54) is 0 Å². The zero-order valence-corrected chi connectivity index (χ0v) is 20.3. The van der Waals surface area contributed by atoms with Crippen molar-refractivity contribution < 1.29 is 31.9 Å². The van der Waals surface area contributed by atoms with E-state index in [1.807, 2.05) is 0 Å². The van der Waals surface area contributed by atoms with E-state index >= 15 is 0 Å². The summed E-state index contributed by atoms with van der Waals surface area (Å²) in [5.74, 6) is -1.02. The number of hydrogen-bond acceptors (Lipinski definition) is 5. The highest BCUT2D eigenvalue weighted by Gasteiger charge is 2.63. The summed E-state index contributed by atoms with van der Waals surface area (Å²) in [6.07, 6.45) is -3.03. The lowest BCUT2D eigenvalue weighted by Gasteiger charge is -2.48. The predicted octanol–water partition coefficient (Wildman–Crippen LogP) is 5.52. The van der Waals surface area contributed by atoms with E-state index in [-0.39, 0.29) is 17.2 Å². The third-order valence-corrected chi connectivity index (χ3v) is 9.94. The summed E-state index contributed by atoms with van der Waals surface area (Å²) in [4.78, 5) is 19.5. The van der Waals surface area contributed by atoms with Crippen molar-refractivity contribution in [3.05, 3.63) is 55.0 Å². The number of alkyl halides is 3. The maximum absolute atomic E-state index is 14.4. The van der Waals surface area contributed by atoms with Crippen LogP contribution in [0.15, 0.2) is 38.7 Å². The molecule has 2 atom stereocenters. The fourth-order valence-electron chi connectivity index (χ4n) is 4.75. The van der Waals surface area contributed by atoms with Crippen LogP contribution >= 0.6 is 34.1 Å². The largest absolute Gasteiger partial charge is 0.435 e. The van der Waals surface area contributed by atoms with Gasteiger partial charge < -0.3 is 14.9 Å². The Labute approximate surface area is 205 Å². The van der Waals surface area contributed by atoms with E-state index in [4.69, 9.17) is 32.8 Å². The highest BCUT2D eigenvalue weighted by Crippen LogP contribution is 2.61. The second-order valence-corrected chi connectivity index (χ2v) is 11.5. The first-order chi connectivity index (χ1) is 16.0. The Morgan fingerprint density at radius 1 is 1.26 bits per heavy atom. The number of fused-ring (bicyclic) bond motifs is 1. The number of hydrogen-bond donors (Lipinski definition) is 2. The van der Waals surface area contributed by atoms with Crippen molar-refractivity contribution in [2.24, 2.45) is 5.16 Å². The van der Waals surface area contributed by atoms with Gasteiger partial charge in [0.1, 0.15) is 5.60 Å². The van der Waals surface area contributed by atoms with E-state index in [1.54, 1.807) is 13.0 Å². The monoisotopic (exact) mass is 538 g/mol. The van der Waals surface area contributed by atoms with Crippen LogP contribution in [-0.4, -0.2) is 42.3 Å². The number of rotatable bonds is 3. The quantitative estimate of drug-likeness (QED) is 0.302. The molecule has 1 spiro atoms. The maximum atomic E-state index is 14.4. The predicted molar refractivity (Wildman–Crippen MR) is 123 cm³/mol. The van der Waals surface area contributed by atoms with Crippen molar-refractivity contribution in [1.82, 2.24) is 5.32 Å². The number of nitrogens with zero attached hydrogens (tertiary/aromatic N) is 1. The summed E-state index contributed by atoms with van der Waals surface area (Å²) in [6, 6.07) is 1.70. The summed E-state index contributed by atoms with van der Waals surface area (Å²) < 4.78 is 63.3. The molecule has 2 unspecified atom stereocenters. The smallest absolute Gasteiger partial charge is 0.374 e. The Morgan fingerprint density at radius 2 is 1.94 bits per heavy atom. The molecular formula is C22H20Cl2F4N2O3S. The van der Waals surface area contributed by atoms with Crippen molar-refractivity contribution >= 4 is 44.9 Å². The molecule has 1 saturated heterocycles. The lowest BCUT2D eigenvalue weighted by atomic mass is 9.87. The Morgan fingerprint density at radius 3 is 2.50 bits per heavy atom. The molecule has 34 heavy (non-hydrogen) atoms. The summed E-state index contributed by atoms with van der Waals surface area (Å²) in [6.45, 7) is 3.29. The first-order valence-corrected chi connectivity index (χ1v) is 12.7. The van der Waals surface area contributed by atoms with E-state index in [0.717, 1.165) is 22.6 Å². The molecule has 4 aliphatic rings. The molecule has 1 N–H and O–H groups in total. The van der Waals surface area contributed by atoms with Gasteiger partial charge in [0.25, 0.3) is 5.60 Å². The lowest BCUT2D eigenvalue weighted by molar-refractivity contribution is -0.275. The molecule has 0 radical (unpaired) electrons. The highest BCUT2D eigenvalue weighted by molar-refractivity contribution is 8.36. The van der Waals surface area contributed by atoms with Crippen LogP contribution in [0.5, 0.6) is 0 Å². The Bertz CT molecular complexity index is 1160. The SMILES string of the molecule is CCC(=O)[SH]1C(C2=NOC(c3cc(Cl)c(F)c(Cl)c3)(C(F)(F)F)C2)=CC2=C1C1(CNC1)OCC2. The summed E-state index contributed by atoms with van der Waals surface area (Å²) in [5, 5.41) is 5.84. The highest BCUT2D eigenvalue weighted by atomic mass is 35.5. The minimum Gasteiger partial charge on any atom is -0.374 e. The fourth-order valence-corrected chi connectivity index (χ4v) is 8.07. The molecule has 0 bridgehead atoms. The molecule has 0 saturated carbocycles. The average molecular weight is 539 g/mol. The van der Waals surface area contributed by atoms with Crippen LogP contribution in [0.4, 0.5) is 17.6 Å². The van der Waals surface area contributed by atoms with Crippen LogP contribution in [0.2, 0.25) is 10.0 Å². The first kappa shape index (κ1) is 24.1. The molecular weight excluding hydrogens is 519 g/mol. The lowest BCUT2D eigenvalue weighted by Crippen LogP contribution is -2.63. The Balaban J connectivity index is 1.55. The van der Waals surface area contributed by atoms with E-state index in [9.17, 15) is 22.4 Å². The molecule has 4 aliphatic heterocycles. The molecule has 1 aromatic rings. The van der Waals surface area contributed by atoms with Gasteiger partial charge in [0, 0.05) is 34.9 Å². The van der Waals surface area contributed by atoms with Gasteiger partial charge in [-0.1, -0.05) is 35.3 Å². The Hall–Kier alpha value is -1.59. The molecule has 0 aromatic heterocycles. The standard InChI is InChI=1S/C22H20Cl2F4N2O3S/c1-2-17(31)34-16(5-11-3-4-32-20(19(11)34)9-29-10-20)15-8-21(33-30-15,22(26,27)28)12-6-13(23)18(25)14(24)7-12/h5-7,29,34H,2-4,8-10H2,1H3. The number of benzene rings is 1. The average Bonchev–Trinajstić information content (AvgIpc) is 3.38. The third-order valence-electron chi connectivity index (χ3n) is 6.57. The molecule has 5 rings (SSSR count). The van der Waals surface area contributed by atoms with Crippen molar-refractivity contribution in [1.29, 1.82) is 0 Å². The van der Waals surface area contributed by atoms with Crippen molar-refractivity contribution in [3.8, 4) is 0 Å². The summed E-state index contributed by atoms with van der Waals surface area (Å²) in [5.41, 5.74) is -3.01. The minimum absolute atomic E-state index is 0.0404. The van der Waals surface area contributed by atoms with Gasteiger partial charge in [0.15, 0.2) is 10.9 Å². The van der Waals surface area contributed by atoms with E-state index in [2.05, 4.69) is 10.5 Å². The van der Waals surface area contributed by atoms with Crippen molar-refractivity contribution in [3.63, 3.8) is 0 Å². The normalized spacial score (nSPS) is 28.9.